The molecule has 0 aliphatic rings. The zero-order chi connectivity index (χ0) is 24.8. The van der Waals surface area contributed by atoms with E-state index in [0.29, 0.717) is 5.56 Å². The number of hydrogen-bond donors (Lipinski definition) is 3. The Morgan fingerprint density at radius 3 is 2.27 bits per heavy atom. The lowest BCUT2D eigenvalue weighted by Gasteiger charge is -2.10. The molecule has 0 aliphatic heterocycles. The van der Waals surface area contributed by atoms with Crippen LogP contribution in [0.2, 0.25) is 0 Å². The average Bonchev–Trinajstić information content (AvgIpc) is 3.19. The van der Waals surface area contributed by atoms with E-state index in [1.807, 2.05) is 0 Å². The minimum Gasteiger partial charge on any atom is -0.481 e. The van der Waals surface area contributed by atoms with E-state index in [9.17, 15) is 37.5 Å². The van der Waals surface area contributed by atoms with Gasteiger partial charge < -0.3 is 24.7 Å². The molecule has 0 bridgehead atoms. The van der Waals surface area contributed by atoms with Gasteiger partial charge in [-0.2, -0.15) is 13.2 Å². The van der Waals surface area contributed by atoms with Gasteiger partial charge in [0.25, 0.3) is 0 Å². The molecule has 2 rings (SSSR count). The Kier molecular flexibility index (Phi) is 7.94. The number of aliphatic carboxylic acids is 1. The van der Waals surface area contributed by atoms with Crippen LogP contribution in [0.25, 0.3) is 0 Å². The van der Waals surface area contributed by atoms with Crippen LogP contribution in [0.4, 0.5) is 13.2 Å². The maximum absolute atomic E-state index is 12.2. The zero-order valence-corrected chi connectivity index (χ0v) is 16.7. The number of nitrogen functional groups attached to an aromatic ring is 1. The summed E-state index contributed by atoms with van der Waals surface area (Å²) in [5, 5.41) is 16.6. The third kappa shape index (κ3) is 7.48. The third-order valence-corrected chi connectivity index (χ3v) is 4.17. The quantitative estimate of drug-likeness (QED) is 0.164. The summed E-state index contributed by atoms with van der Waals surface area (Å²) in [6, 6.07) is 8.27. The SMILES string of the molecule is N=C(N)c1ccc(OC(=O)c2ccc(CC(CCC(=O)OC(=O)C(F)(F)F)C(=O)O)o2)cc1. The van der Waals surface area contributed by atoms with Crippen molar-refractivity contribution in [3.63, 3.8) is 0 Å². The molecule has 1 aromatic heterocycles. The number of carboxylic acids is 1. The topological polar surface area (TPSA) is 170 Å². The molecule has 0 radical (unpaired) electrons. The lowest BCUT2D eigenvalue weighted by atomic mass is 9.98. The van der Waals surface area contributed by atoms with Gasteiger partial charge in [0.1, 0.15) is 17.3 Å². The highest BCUT2D eigenvalue weighted by Gasteiger charge is 2.42. The number of benzene rings is 1. The Bertz CT molecular complexity index is 1060. The van der Waals surface area contributed by atoms with Crippen LogP contribution in [0.1, 0.15) is 34.7 Å². The summed E-state index contributed by atoms with van der Waals surface area (Å²) in [5.74, 6) is -8.00. The van der Waals surface area contributed by atoms with Crippen molar-refractivity contribution in [1.82, 2.24) is 0 Å². The first kappa shape index (κ1) is 25.1. The van der Waals surface area contributed by atoms with Crippen LogP contribution in [0.5, 0.6) is 5.75 Å². The summed E-state index contributed by atoms with van der Waals surface area (Å²) in [7, 11) is 0. The number of amidine groups is 1. The Morgan fingerprint density at radius 1 is 1.09 bits per heavy atom. The second kappa shape index (κ2) is 10.4. The molecule has 0 spiro atoms. The fourth-order valence-corrected chi connectivity index (χ4v) is 2.52. The van der Waals surface area contributed by atoms with Gasteiger partial charge in [-0.15, -0.1) is 0 Å². The second-order valence-electron chi connectivity index (χ2n) is 6.63. The van der Waals surface area contributed by atoms with Crippen LogP contribution in [0, 0.1) is 11.3 Å². The van der Waals surface area contributed by atoms with Crippen molar-refractivity contribution >= 4 is 29.7 Å². The number of carbonyl (C=O) groups is 4. The normalized spacial score (nSPS) is 12.0. The van der Waals surface area contributed by atoms with Crippen LogP contribution in [-0.4, -0.2) is 41.0 Å². The molecule has 1 heterocycles. The molecular weight excluding hydrogens is 453 g/mol. The third-order valence-electron chi connectivity index (χ3n) is 4.17. The van der Waals surface area contributed by atoms with Gasteiger partial charge in [-0.3, -0.25) is 15.0 Å². The van der Waals surface area contributed by atoms with Crippen LogP contribution < -0.4 is 10.5 Å². The summed E-state index contributed by atoms with van der Waals surface area (Å²) >= 11 is 0. The number of esters is 3. The second-order valence-corrected chi connectivity index (χ2v) is 6.63. The van der Waals surface area contributed by atoms with Gasteiger partial charge in [-0.25, -0.2) is 9.59 Å². The molecule has 13 heteroatoms. The lowest BCUT2D eigenvalue weighted by molar-refractivity contribution is -0.201. The van der Waals surface area contributed by atoms with E-state index >= 15 is 0 Å². The minimum atomic E-state index is -5.35. The number of carboxylic acid groups (broad SMARTS) is 1. The number of nitrogens with two attached hydrogens (primary N) is 1. The molecule has 10 nitrogen and oxygen atoms in total. The molecule has 0 fully saturated rings. The highest BCUT2D eigenvalue weighted by atomic mass is 19.4. The van der Waals surface area contributed by atoms with Crippen molar-refractivity contribution in [1.29, 1.82) is 5.41 Å². The van der Waals surface area contributed by atoms with Gasteiger partial charge >= 0.3 is 30.1 Å². The number of furan rings is 1. The highest BCUT2D eigenvalue weighted by Crippen LogP contribution is 2.21. The number of nitrogens with one attached hydrogen (secondary N) is 1. The largest absolute Gasteiger partial charge is 0.491 e. The molecule has 176 valence electrons. The summed E-state index contributed by atoms with van der Waals surface area (Å²) in [6.45, 7) is 0. The van der Waals surface area contributed by atoms with Crippen LogP contribution in [-0.2, 0) is 25.5 Å². The molecule has 0 aliphatic carbocycles. The molecule has 1 atom stereocenters. The van der Waals surface area contributed by atoms with Crippen molar-refractivity contribution < 1.29 is 51.3 Å². The van der Waals surface area contributed by atoms with Crippen molar-refractivity contribution in [3.8, 4) is 5.75 Å². The summed E-state index contributed by atoms with van der Waals surface area (Å²) in [4.78, 5) is 45.6. The number of hydrogen-bond acceptors (Lipinski definition) is 8. The summed E-state index contributed by atoms with van der Waals surface area (Å²) < 4.78 is 50.3. The Balaban J connectivity index is 1.94. The lowest BCUT2D eigenvalue weighted by Crippen LogP contribution is -2.28. The molecule has 33 heavy (non-hydrogen) atoms. The fraction of sp³-hybridized carbons (Fsp3) is 0.250. The number of halogens is 3. The first-order valence-electron chi connectivity index (χ1n) is 9.16. The van der Waals surface area contributed by atoms with Crippen LogP contribution >= 0.6 is 0 Å². The van der Waals surface area contributed by atoms with E-state index in [4.69, 9.17) is 20.3 Å². The Morgan fingerprint density at radius 2 is 1.73 bits per heavy atom. The van der Waals surface area contributed by atoms with Gasteiger partial charge in [0.2, 0.25) is 5.76 Å². The number of carbonyl (C=O) groups excluding carboxylic acids is 3. The van der Waals surface area contributed by atoms with E-state index < -0.39 is 48.8 Å². The molecular formula is C20H17F3N2O8. The zero-order valence-electron chi connectivity index (χ0n) is 16.7. The molecule has 0 saturated heterocycles. The number of rotatable bonds is 9. The predicted octanol–water partition coefficient (Wildman–Crippen LogP) is 2.44. The van der Waals surface area contributed by atoms with Crippen LogP contribution in [0.15, 0.2) is 40.8 Å². The molecule has 1 unspecified atom stereocenters. The fourth-order valence-electron chi connectivity index (χ4n) is 2.52. The minimum absolute atomic E-state index is 0.0426. The van der Waals surface area contributed by atoms with E-state index in [-0.39, 0.29) is 29.5 Å². The Labute approximate surface area is 183 Å². The van der Waals surface area contributed by atoms with Crippen molar-refractivity contribution in [2.75, 3.05) is 0 Å². The molecule has 0 amide bonds. The smallest absolute Gasteiger partial charge is 0.481 e. The van der Waals surface area contributed by atoms with Crippen molar-refractivity contribution in [2.45, 2.75) is 25.4 Å². The van der Waals surface area contributed by atoms with Gasteiger partial charge in [0.15, 0.2) is 0 Å². The summed E-state index contributed by atoms with van der Waals surface area (Å²) in [5.41, 5.74) is 5.75. The number of ether oxygens (including phenoxy) is 2. The molecule has 0 saturated carbocycles. The first-order valence-corrected chi connectivity index (χ1v) is 9.16. The summed E-state index contributed by atoms with van der Waals surface area (Å²) in [6.07, 6.45) is -6.85. The van der Waals surface area contributed by atoms with Gasteiger partial charge in [-0.1, -0.05) is 0 Å². The van der Waals surface area contributed by atoms with Gasteiger partial charge in [0, 0.05) is 18.4 Å². The van der Waals surface area contributed by atoms with E-state index in [0.717, 1.165) is 0 Å². The predicted molar refractivity (Wildman–Crippen MR) is 102 cm³/mol. The van der Waals surface area contributed by atoms with Gasteiger partial charge in [0.05, 0.1) is 5.92 Å². The van der Waals surface area contributed by atoms with Crippen molar-refractivity contribution in [3.05, 3.63) is 53.5 Å². The van der Waals surface area contributed by atoms with Gasteiger partial charge in [-0.05, 0) is 42.8 Å². The molecule has 1 aromatic carbocycles. The van der Waals surface area contributed by atoms with E-state index in [1.54, 1.807) is 0 Å². The standard InChI is InChI=1S/C20H17F3N2O8/c21-20(22,23)19(30)33-15(26)8-3-11(17(27)28)9-13-6-7-14(31-13)18(29)32-12-4-1-10(2-5-12)16(24)25/h1-2,4-7,11H,3,8-9H2,(H3,24,25)(H,27,28). The maximum Gasteiger partial charge on any atom is 0.491 e. The van der Waals surface area contributed by atoms with E-state index in [1.165, 1.54) is 36.4 Å². The monoisotopic (exact) mass is 470 g/mol. The average molecular weight is 470 g/mol. The number of alkyl halides is 3. The van der Waals surface area contributed by atoms with E-state index in [2.05, 4.69) is 4.74 Å². The molecule has 4 N–H and O–H groups in total. The highest BCUT2D eigenvalue weighted by molar-refractivity contribution is 5.95. The van der Waals surface area contributed by atoms with Crippen molar-refractivity contribution in [2.24, 2.45) is 11.7 Å². The maximum atomic E-state index is 12.2. The first-order chi connectivity index (χ1) is 15.4. The van der Waals surface area contributed by atoms with Crippen LogP contribution in [0.3, 0.4) is 0 Å². The Hall–Kier alpha value is -4.16. The molecule has 2 aromatic rings.